The number of nitrogens with zero attached hydrogens (tertiary/aromatic N) is 2. The molecule has 0 aliphatic carbocycles. The topological polar surface area (TPSA) is 53.3 Å². The largest absolute Gasteiger partial charge is 0.365 e. The fraction of sp³-hybridized carbons (Fsp3) is 0.333. The minimum Gasteiger partial charge on any atom is -0.365 e. The summed E-state index contributed by atoms with van der Waals surface area (Å²) in [7, 11) is 0. The molecule has 0 aromatic heterocycles. The molecule has 4 nitrogen and oxygen atoms in total. The van der Waals surface area contributed by atoms with Crippen LogP contribution in [0.3, 0.4) is 0 Å². The van der Waals surface area contributed by atoms with Crippen molar-refractivity contribution in [2.45, 2.75) is 6.10 Å². The van der Waals surface area contributed by atoms with Gasteiger partial charge in [0.1, 0.15) is 6.29 Å². The molecule has 1 atom stereocenters. The van der Waals surface area contributed by atoms with E-state index in [0.29, 0.717) is 18.7 Å². The fourth-order valence-electron chi connectivity index (χ4n) is 1.80. The molecule has 17 heavy (non-hydrogen) atoms. The fourth-order valence-corrected chi connectivity index (χ4v) is 2.45. The maximum absolute atomic E-state index is 10.6. The minimum absolute atomic E-state index is 0.388. The molecule has 1 saturated heterocycles. The molecule has 1 aliphatic heterocycles. The summed E-state index contributed by atoms with van der Waals surface area (Å²) in [4.78, 5) is 12.7. The van der Waals surface area contributed by atoms with Crippen LogP contribution in [0.1, 0.15) is 10.4 Å². The average molecular weight is 295 g/mol. The number of halogens is 1. The Kier molecular flexibility index (Phi) is 3.77. The van der Waals surface area contributed by atoms with E-state index < -0.39 is 0 Å². The number of morpholine rings is 1. The Morgan fingerprint density at radius 2 is 2.41 bits per heavy atom. The van der Waals surface area contributed by atoms with E-state index in [4.69, 9.17) is 10.00 Å². The summed E-state index contributed by atoms with van der Waals surface area (Å²) in [5, 5.41) is 8.85. The molecule has 0 bridgehead atoms. The van der Waals surface area contributed by atoms with Gasteiger partial charge in [0.2, 0.25) is 0 Å². The molecule has 1 unspecified atom stereocenters. The van der Waals surface area contributed by atoms with Crippen LogP contribution in [0.4, 0.5) is 5.69 Å². The first-order chi connectivity index (χ1) is 8.24. The number of rotatable bonds is 2. The Bertz CT molecular complexity index is 470. The van der Waals surface area contributed by atoms with Crippen molar-refractivity contribution >= 4 is 27.9 Å². The van der Waals surface area contributed by atoms with E-state index in [2.05, 4.69) is 26.9 Å². The zero-order chi connectivity index (χ0) is 12.3. The molecule has 2 rings (SSSR count). The van der Waals surface area contributed by atoms with Gasteiger partial charge in [-0.3, -0.25) is 4.79 Å². The van der Waals surface area contributed by atoms with Gasteiger partial charge < -0.3 is 9.64 Å². The van der Waals surface area contributed by atoms with E-state index in [1.165, 1.54) is 0 Å². The van der Waals surface area contributed by atoms with Gasteiger partial charge >= 0.3 is 0 Å². The van der Waals surface area contributed by atoms with Crippen molar-refractivity contribution in [2.75, 3.05) is 24.6 Å². The van der Waals surface area contributed by atoms with Crippen LogP contribution in [-0.4, -0.2) is 32.1 Å². The van der Waals surface area contributed by atoms with Gasteiger partial charge in [0, 0.05) is 16.6 Å². The third-order valence-electron chi connectivity index (χ3n) is 2.66. The van der Waals surface area contributed by atoms with Crippen molar-refractivity contribution in [2.24, 2.45) is 0 Å². The van der Waals surface area contributed by atoms with Gasteiger partial charge in [0.25, 0.3) is 0 Å². The number of benzene rings is 1. The SMILES string of the molecule is N#CC1CN(c2ccc(C=O)cc2Br)CCO1. The lowest BCUT2D eigenvalue weighted by molar-refractivity contribution is 0.0764. The Balaban J connectivity index is 2.22. The summed E-state index contributed by atoms with van der Waals surface area (Å²) in [6.45, 7) is 1.84. The number of hydrogen-bond donors (Lipinski definition) is 0. The van der Waals surface area contributed by atoms with Crippen LogP contribution >= 0.6 is 15.9 Å². The smallest absolute Gasteiger partial charge is 0.161 e. The van der Waals surface area contributed by atoms with Crippen LogP contribution in [0.5, 0.6) is 0 Å². The lowest BCUT2D eigenvalue weighted by Gasteiger charge is -2.32. The van der Waals surface area contributed by atoms with Crippen LogP contribution in [0.2, 0.25) is 0 Å². The highest BCUT2D eigenvalue weighted by molar-refractivity contribution is 9.10. The second kappa shape index (κ2) is 5.30. The predicted octanol–water partition coefficient (Wildman–Crippen LogP) is 1.99. The van der Waals surface area contributed by atoms with Crippen LogP contribution in [-0.2, 0) is 4.74 Å². The molecule has 0 amide bonds. The maximum Gasteiger partial charge on any atom is 0.161 e. The van der Waals surface area contributed by atoms with E-state index in [1.807, 2.05) is 6.07 Å². The highest BCUT2D eigenvalue weighted by Crippen LogP contribution is 2.28. The van der Waals surface area contributed by atoms with Gasteiger partial charge in [-0.25, -0.2) is 0 Å². The first-order valence-corrected chi connectivity index (χ1v) is 6.05. The van der Waals surface area contributed by atoms with Crippen LogP contribution in [0, 0.1) is 11.3 Å². The number of anilines is 1. The van der Waals surface area contributed by atoms with Crippen molar-refractivity contribution in [3.8, 4) is 6.07 Å². The standard InChI is InChI=1S/C12H11BrN2O2/c13-11-5-9(8-16)1-2-12(11)15-3-4-17-10(6-14)7-15/h1-2,5,8,10H,3-4,7H2. The van der Waals surface area contributed by atoms with Crippen molar-refractivity contribution in [3.05, 3.63) is 28.2 Å². The van der Waals surface area contributed by atoms with E-state index in [1.54, 1.807) is 12.1 Å². The first-order valence-electron chi connectivity index (χ1n) is 5.25. The van der Waals surface area contributed by atoms with Gasteiger partial charge in [-0.2, -0.15) is 5.26 Å². The number of carbonyl (C=O) groups is 1. The lowest BCUT2D eigenvalue weighted by Crippen LogP contribution is -2.42. The minimum atomic E-state index is -0.388. The molecule has 1 aromatic rings. The van der Waals surface area contributed by atoms with Crippen LogP contribution in [0.15, 0.2) is 22.7 Å². The summed E-state index contributed by atoms with van der Waals surface area (Å²) in [6, 6.07) is 7.54. The van der Waals surface area contributed by atoms with Gasteiger partial charge in [0.05, 0.1) is 24.9 Å². The van der Waals surface area contributed by atoms with Gasteiger partial charge in [-0.15, -0.1) is 0 Å². The van der Waals surface area contributed by atoms with Crippen molar-refractivity contribution in [1.29, 1.82) is 5.26 Å². The number of ether oxygens (including phenoxy) is 1. The Labute approximate surface area is 108 Å². The molecule has 88 valence electrons. The Hall–Kier alpha value is -1.38. The van der Waals surface area contributed by atoms with E-state index in [-0.39, 0.29) is 6.10 Å². The second-order valence-electron chi connectivity index (χ2n) is 3.76. The molecule has 1 heterocycles. The number of aldehydes is 1. The number of hydrogen-bond acceptors (Lipinski definition) is 4. The molecule has 1 aromatic carbocycles. The Morgan fingerprint density at radius 1 is 1.59 bits per heavy atom. The van der Waals surface area contributed by atoms with Gasteiger partial charge in [0.15, 0.2) is 6.10 Å². The monoisotopic (exact) mass is 294 g/mol. The lowest BCUT2D eigenvalue weighted by atomic mass is 10.2. The number of carbonyl (C=O) groups excluding carboxylic acids is 1. The van der Waals surface area contributed by atoms with E-state index in [9.17, 15) is 4.79 Å². The molecule has 0 radical (unpaired) electrons. The number of nitriles is 1. The summed E-state index contributed by atoms with van der Waals surface area (Å²) < 4.78 is 6.15. The summed E-state index contributed by atoms with van der Waals surface area (Å²) >= 11 is 3.44. The molecule has 5 heteroatoms. The summed E-state index contributed by atoms with van der Waals surface area (Å²) in [5.41, 5.74) is 1.62. The summed E-state index contributed by atoms with van der Waals surface area (Å²) in [5.74, 6) is 0. The molecule has 0 spiro atoms. The molecular formula is C12H11BrN2O2. The van der Waals surface area contributed by atoms with Crippen LogP contribution < -0.4 is 4.90 Å². The average Bonchev–Trinajstić information content (AvgIpc) is 2.38. The normalized spacial score (nSPS) is 19.8. The Morgan fingerprint density at radius 3 is 3.06 bits per heavy atom. The molecule has 1 aliphatic rings. The molecule has 0 saturated carbocycles. The molecule has 0 N–H and O–H groups in total. The summed E-state index contributed by atoms with van der Waals surface area (Å²) in [6.07, 6.45) is 0.424. The van der Waals surface area contributed by atoms with Crippen molar-refractivity contribution in [3.63, 3.8) is 0 Å². The quantitative estimate of drug-likeness (QED) is 0.783. The highest BCUT2D eigenvalue weighted by Gasteiger charge is 2.21. The second-order valence-corrected chi connectivity index (χ2v) is 4.62. The highest BCUT2D eigenvalue weighted by atomic mass is 79.9. The van der Waals surface area contributed by atoms with Gasteiger partial charge in [-0.1, -0.05) is 0 Å². The third kappa shape index (κ3) is 2.65. The predicted molar refractivity (Wildman–Crippen MR) is 67.1 cm³/mol. The molecular weight excluding hydrogens is 284 g/mol. The molecule has 1 fully saturated rings. The van der Waals surface area contributed by atoms with Crippen LogP contribution in [0.25, 0.3) is 0 Å². The van der Waals surface area contributed by atoms with E-state index in [0.717, 1.165) is 23.0 Å². The first kappa shape index (κ1) is 12.1. The van der Waals surface area contributed by atoms with Crippen molar-refractivity contribution in [1.82, 2.24) is 0 Å². The van der Waals surface area contributed by atoms with Gasteiger partial charge in [-0.05, 0) is 34.1 Å². The van der Waals surface area contributed by atoms with Crippen molar-refractivity contribution < 1.29 is 9.53 Å². The zero-order valence-electron chi connectivity index (χ0n) is 9.10. The third-order valence-corrected chi connectivity index (χ3v) is 3.29. The zero-order valence-corrected chi connectivity index (χ0v) is 10.7. The van der Waals surface area contributed by atoms with E-state index >= 15 is 0 Å². The maximum atomic E-state index is 10.6.